The number of hydrogen-bond donors (Lipinski definition) is 0. The van der Waals surface area contributed by atoms with Gasteiger partial charge in [0, 0.05) is 12.5 Å². The molecule has 0 bridgehead atoms. The predicted molar refractivity (Wildman–Crippen MR) is 96.4 cm³/mol. The number of rotatable bonds is 3. The Kier molecular flexibility index (Phi) is 4.71. The largest absolute Gasteiger partial charge is 0.469 e. The minimum absolute atomic E-state index is 0.211. The molecule has 0 saturated carbocycles. The van der Waals surface area contributed by atoms with E-state index in [4.69, 9.17) is 14.3 Å². The van der Waals surface area contributed by atoms with Crippen LogP contribution in [0.2, 0.25) is 0 Å². The zero-order valence-electron chi connectivity index (χ0n) is 14.9. The highest BCUT2D eigenvalue weighted by atomic mass is 32.2. The van der Waals surface area contributed by atoms with Gasteiger partial charge in [0.2, 0.25) is 0 Å². The second-order valence-electron chi connectivity index (χ2n) is 7.05. The van der Waals surface area contributed by atoms with Crippen molar-refractivity contribution in [1.82, 2.24) is 5.06 Å². The van der Waals surface area contributed by atoms with E-state index in [0.29, 0.717) is 6.54 Å². The zero-order chi connectivity index (χ0) is 18.3. The Labute approximate surface area is 157 Å². The van der Waals surface area contributed by atoms with Gasteiger partial charge in [-0.05, 0) is 29.4 Å². The van der Waals surface area contributed by atoms with Crippen molar-refractivity contribution in [3.8, 4) is 0 Å². The van der Waals surface area contributed by atoms with E-state index in [1.165, 1.54) is 19.8 Å². The normalized spacial score (nSPS) is 36.2. The van der Waals surface area contributed by atoms with Crippen LogP contribution in [0, 0.1) is 11.8 Å². The molecule has 26 heavy (non-hydrogen) atoms. The van der Waals surface area contributed by atoms with Crippen LogP contribution in [0.1, 0.15) is 17.9 Å². The number of methoxy groups -OCH3 is 2. The molecule has 3 heterocycles. The molecule has 1 aromatic rings. The Bertz CT molecular complexity index is 698. The first-order valence-corrected chi connectivity index (χ1v) is 10.0. The molecule has 6 nitrogen and oxygen atoms in total. The van der Waals surface area contributed by atoms with Crippen LogP contribution in [0.3, 0.4) is 0 Å². The highest BCUT2D eigenvalue weighted by Gasteiger charge is 2.69. The highest BCUT2D eigenvalue weighted by Crippen LogP contribution is 2.58. The SMILES string of the molecule is COC(=O)[C@@H]1[C@H](C(=O)OC)ON2C[C@@H](c3ccccc3)[C@@H]3CSCC[C@@]132. The summed E-state index contributed by atoms with van der Waals surface area (Å²) in [5.74, 6) is 0.753. The maximum Gasteiger partial charge on any atom is 0.338 e. The molecule has 0 unspecified atom stereocenters. The van der Waals surface area contributed by atoms with Crippen molar-refractivity contribution in [1.29, 1.82) is 0 Å². The molecule has 3 fully saturated rings. The maximum atomic E-state index is 12.7. The quantitative estimate of drug-likeness (QED) is 0.745. The number of carbonyl (C=O) groups excluding carboxylic acids is 2. The number of hydrogen-bond acceptors (Lipinski definition) is 7. The first kappa shape index (κ1) is 17.8. The number of esters is 2. The lowest BCUT2D eigenvalue weighted by Crippen LogP contribution is -2.55. The van der Waals surface area contributed by atoms with Crippen LogP contribution in [0.5, 0.6) is 0 Å². The molecule has 7 heteroatoms. The molecular weight excluding hydrogens is 354 g/mol. The van der Waals surface area contributed by atoms with Gasteiger partial charge in [-0.2, -0.15) is 16.8 Å². The first-order chi connectivity index (χ1) is 12.6. The van der Waals surface area contributed by atoms with Crippen molar-refractivity contribution in [3.63, 3.8) is 0 Å². The summed E-state index contributed by atoms with van der Waals surface area (Å²) < 4.78 is 10.0. The summed E-state index contributed by atoms with van der Waals surface area (Å²) in [7, 11) is 2.69. The van der Waals surface area contributed by atoms with Crippen LogP contribution in [0.15, 0.2) is 30.3 Å². The highest BCUT2D eigenvalue weighted by molar-refractivity contribution is 7.99. The van der Waals surface area contributed by atoms with Crippen molar-refractivity contribution in [2.45, 2.75) is 24.0 Å². The van der Waals surface area contributed by atoms with Gasteiger partial charge in [-0.15, -0.1) is 0 Å². The molecule has 0 N–H and O–H groups in total. The molecule has 3 aliphatic rings. The Morgan fingerprint density at radius 3 is 2.62 bits per heavy atom. The van der Waals surface area contributed by atoms with Crippen LogP contribution in [0.25, 0.3) is 0 Å². The van der Waals surface area contributed by atoms with E-state index in [2.05, 4.69) is 12.1 Å². The summed E-state index contributed by atoms with van der Waals surface area (Å²) in [4.78, 5) is 31.1. The molecule has 3 saturated heterocycles. The van der Waals surface area contributed by atoms with Crippen LogP contribution < -0.4 is 0 Å². The number of hydroxylamine groups is 2. The third kappa shape index (κ3) is 2.48. The molecule has 1 aromatic carbocycles. The third-order valence-electron chi connectivity index (χ3n) is 6.10. The molecule has 1 spiro atoms. The average Bonchev–Trinajstić information content (AvgIpc) is 3.17. The standard InChI is InChI=1S/C19H23NO5S/c1-23-17(21)15-16(18(22)24-2)25-20-10-13(12-6-4-3-5-7-12)14-11-26-9-8-19(14,15)20/h3-7,13-16H,8-11H2,1-2H3/t13-,14-,15-,16+,19-/m0/s1. The Morgan fingerprint density at radius 1 is 1.19 bits per heavy atom. The van der Waals surface area contributed by atoms with Gasteiger partial charge < -0.3 is 9.47 Å². The van der Waals surface area contributed by atoms with Gasteiger partial charge in [-0.25, -0.2) is 4.79 Å². The summed E-state index contributed by atoms with van der Waals surface area (Å²) in [6, 6.07) is 10.3. The summed E-state index contributed by atoms with van der Waals surface area (Å²) in [5, 5.41) is 1.90. The number of thioether (sulfide) groups is 1. The van der Waals surface area contributed by atoms with Gasteiger partial charge in [0.05, 0.1) is 19.8 Å². The lowest BCUT2D eigenvalue weighted by Gasteiger charge is -2.43. The number of benzene rings is 1. The molecule has 140 valence electrons. The molecule has 3 aliphatic heterocycles. The number of carbonyl (C=O) groups is 2. The van der Waals surface area contributed by atoms with E-state index in [0.717, 1.165) is 17.9 Å². The zero-order valence-corrected chi connectivity index (χ0v) is 15.7. The first-order valence-electron chi connectivity index (χ1n) is 8.86. The molecule has 5 atom stereocenters. The topological polar surface area (TPSA) is 65.1 Å². The minimum Gasteiger partial charge on any atom is -0.469 e. The second-order valence-corrected chi connectivity index (χ2v) is 8.20. The van der Waals surface area contributed by atoms with Gasteiger partial charge in [-0.1, -0.05) is 30.3 Å². The van der Waals surface area contributed by atoms with Gasteiger partial charge in [0.15, 0.2) is 6.10 Å². The van der Waals surface area contributed by atoms with Crippen LogP contribution in [-0.2, 0) is 23.9 Å². The fourth-order valence-corrected chi connectivity index (χ4v) is 6.37. The maximum absolute atomic E-state index is 12.7. The van der Waals surface area contributed by atoms with Crippen molar-refractivity contribution in [3.05, 3.63) is 35.9 Å². The van der Waals surface area contributed by atoms with Gasteiger partial charge in [-0.3, -0.25) is 9.63 Å². The summed E-state index contributed by atoms with van der Waals surface area (Å²) in [5.41, 5.74) is 0.730. The molecule has 4 rings (SSSR count). The monoisotopic (exact) mass is 377 g/mol. The van der Waals surface area contributed by atoms with Crippen molar-refractivity contribution in [2.75, 3.05) is 32.3 Å². The van der Waals surface area contributed by atoms with E-state index in [-0.39, 0.29) is 11.8 Å². The molecule has 0 aliphatic carbocycles. The smallest absolute Gasteiger partial charge is 0.338 e. The average molecular weight is 377 g/mol. The van der Waals surface area contributed by atoms with Crippen LogP contribution in [-0.4, -0.2) is 60.9 Å². The van der Waals surface area contributed by atoms with Crippen molar-refractivity contribution < 1.29 is 23.9 Å². The van der Waals surface area contributed by atoms with Gasteiger partial charge in [0.25, 0.3) is 0 Å². The fourth-order valence-electron chi connectivity index (χ4n) is 4.96. The lowest BCUT2D eigenvalue weighted by atomic mass is 9.68. The molecular formula is C19H23NO5S. The molecule has 0 amide bonds. The van der Waals surface area contributed by atoms with E-state index in [1.807, 2.05) is 35.0 Å². The predicted octanol–water partition coefficient (Wildman–Crippen LogP) is 1.85. The second kappa shape index (κ2) is 6.87. The van der Waals surface area contributed by atoms with Crippen LogP contribution in [0.4, 0.5) is 0 Å². The number of nitrogens with zero attached hydrogens (tertiary/aromatic N) is 1. The lowest BCUT2D eigenvalue weighted by molar-refractivity contribution is -0.193. The third-order valence-corrected chi connectivity index (χ3v) is 7.18. The Hall–Kier alpha value is -1.57. The summed E-state index contributed by atoms with van der Waals surface area (Å²) in [6.45, 7) is 0.663. The minimum atomic E-state index is -0.935. The molecule has 0 aromatic heterocycles. The van der Waals surface area contributed by atoms with E-state index in [9.17, 15) is 9.59 Å². The van der Waals surface area contributed by atoms with Crippen LogP contribution >= 0.6 is 11.8 Å². The summed E-state index contributed by atoms with van der Waals surface area (Å²) >= 11 is 1.90. The van der Waals surface area contributed by atoms with Gasteiger partial charge in [0.1, 0.15) is 5.92 Å². The Morgan fingerprint density at radius 2 is 1.92 bits per heavy atom. The van der Waals surface area contributed by atoms with E-state index in [1.54, 1.807) is 0 Å². The number of ether oxygens (including phenoxy) is 2. The van der Waals surface area contributed by atoms with Gasteiger partial charge >= 0.3 is 11.9 Å². The van der Waals surface area contributed by atoms with E-state index >= 15 is 0 Å². The molecule has 0 radical (unpaired) electrons. The van der Waals surface area contributed by atoms with Crippen molar-refractivity contribution >= 4 is 23.7 Å². The van der Waals surface area contributed by atoms with Crippen molar-refractivity contribution in [2.24, 2.45) is 11.8 Å². The van der Waals surface area contributed by atoms with E-state index < -0.39 is 29.5 Å². The fraction of sp³-hybridized carbons (Fsp3) is 0.579. The Balaban J connectivity index is 1.77. The summed E-state index contributed by atoms with van der Waals surface area (Å²) in [6.07, 6.45) is -0.145.